The molecule has 0 spiro atoms. The van der Waals surface area contributed by atoms with E-state index >= 15 is 0 Å². The summed E-state index contributed by atoms with van der Waals surface area (Å²) >= 11 is 1.63. The van der Waals surface area contributed by atoms with Gasteiger partial charge >= 0.3 is 0 Å². The van der Waals surface area contributed by atoms with Gasteiger partial charge in [0.15, 0.2) is 5.65 Å². The predicted octanol–water partition coefficient (Wildman–Crippen LogP) is 1.32. The molecule has 0 aliphatic rings. The minimum Gasteiger partial charge on any atom is -0.399 e. The standard InChI is InChI=1S/C9H7N5OS/c1-15-10-5-6-4-8-7(2-3-16-8)14-9(6)11-12-13-14/h2-5H,1H3/b10-5+. The van der Waals surface area contributed by atoms with Gasteiger partial charge in [0, 0.05) is 5.56 Å². The summed E-state index contributed by atoms with van der Waals surface area (Å²) < 4.78 is 2.81. The van der Waals surface area contributed by atoms with Gasteiger partial charge in [-0.1, -0.05) is 5.16 Å². The number of oxime groups is 1. The van der Waals surface area contributed by atoms with Gasteiger partial charge in [0.1, 0.15) is 7.11 Å². The molecule has 0 bridgehead atoms. The normalized spacial score (nSPS) is 11.8. The molecule has 0 N–H and O–H groups in total. The molecule has 0 fully saturated rings. The first-order valence-electron chi connectivity index (χ1n) is 4.55. The largest absolute Gasteiger partial charge is 0.399 e. The summed E-state index contributed by atoms with van der Waals surface area (Å²) in [5.41, 5.74) is 2.51. The van der Waals surface area contributed by atoms with E-state index in [0.29, 0.717) is 5.65 Å². The van der Waals surface area contributed by atoms with E-state index in [1.54, 1.807) is 22.1 Å². The van der Waals surface area contributed by atoms with Crippen LogP contribution in [0, 0.1) is 0 Å². The fraction of sp³-hybridized carbons (Fsp3) is 0.111. The minimum absolute atomic E-state index is 0.673. The van der Waals surface area contributed by atoms with Crippen molar-refractivity contribution in [2.24, 2.45) is 5.16 Å². The van der Waals surface area contributed by atoms with Crippen molar-refractivity contribution in [1.82, 2.24) is 20.0 Å². The van der Waals surface area contributed by atoms with Crippen LogP contribution < -0.4 is 0 Å². The molecule has 0 aromatic carbocycles. The molecule has 6 nitrogen and oxygen atoms in total. The molecule has 3 rings (SSSR count). The highest BCUT2D eigenvalue weighted by molar-refractivity contribution is 7.17. The average Bonchev–Trinajstić information content (AvgIpc) is 2.92. The zero-order valence-corrected chi connectivity index (χ0v) is 9.18. The van der Waals surface area contributed by atoms with Gasteiger partial charge in [0.25, 0.3) is 0 Å². The Morgan fingerprint density at radius 3 is 3.38 bits per heavy atom. The third kappa shape index (κ3) is 1.25. The lowest BCUT2D eigenvalue weighted by atomic mass is 10.2. The fourth-order valence-electron chi connectivity index (χ4n) is 1.54. The van der Waals surface area contributed by atoms with Crippen molar-refractivity contribution in [3.05, 3.63) is 23.1 Å². The molecule has 0 atom stereocenters. The van der Waals surface area contributed by atoms with E-state index < -0.39 is 0 Å². The smallest absolute Gasteiger partial charge is 0.188 e. The second-order valence-electron chi connectivity index (χ2n) is 3.10. The summed E-state index contributed by atoms with van der Waals surface area (Å²) in [5.74, 6) is 0. The molecule has 16 heavy (non-hydrogen) atoms. The van der Waals surface area contributed by atoms with E-state index in [1.807, 2.05) is 17.5 Å². The van der Waals surface area contributed by atoms with Crippen LogP contribution in [0.15, 0.2) is 22.7 Å². The van der Waals surface area contributed by atoms with Crippen LogP contribution in [0.25, 0.3) is 15.9 Å². The number of hydrogen-bond donors (Lipinski definition) is 0. The summed E-state index contributed by atoms with van der Waals surface area (Å²) in [6, 6.07) is 3.98. The van der Waals surface area contributed by atoms with E-state index in [-0.39, 0.29) is 0 Å². The maximum Gasteiger partial charge on any atom is 0.188 e. The van der Waals surface area contributed by atoms with Gasteiger partial charge in [-0.3, -0.25) is 0 Å². The Labute approximate surface area is 94.1 Å². The lowest BCUT2D eigenvalue weighted by Gasteiger charge is -1.97. The molecule has 0 saturated heterocycles. The molecule has 0 radical (unpaired) electrons. The molecule has 0 amide bonds. The number of tetrazole rings is 1. The molecule has 7 heteroatoms. The van der Waals surface area contributed by atoms with Crippen LogP contribution in [0.3, 0.4) is 0 Å². The molecular formula is C9H7N5OS. The predicted molar refractivity (Wildman–Crippen MR) is 60.8 cm³/mol. The Morgan fingerprint density at radius 1 is 1.56 bits per heavy atom. The topological polar surface area (TPSA) is 64.7 Å². The van der Waals surface area contributed by atoms with Crippen LogP contribution >= 0.6 is 11.3 Å². The molecule has 0 saturated carbocycles. The monoisotopic (exact) mass is 233 g/mol. The van der Waals surface area contributed by atoms with E-state index in [9.17, 15) is 0 Å². The van der Waals surface area contributed by atoms with Crippen LogP contribution in [0.1, 0.15) is 5.56 Å². The van der Waals surface area contributed by atoms with Crippen molar-refractivity contribution >= 4 is 33.4 Å². The highest BCUT2D eigenvalue weighted by Crippen LogP contribution is 2.22. The molecule has 3 aromatic heterocycles. The highest BCUT2D eigenvalue weighted by Gasteiger charge is 2.08. The first-order valence-corrected chi connectivity index (χ1v) is 5.43. The third-order valence-corrected chi connectivity index (χ3v) is 3.07. The summed E-state index contributed by atoms with van der Waals surface area (Å²) in [7, 11) is 1.50. The van der Waals surface area contributed by atoms with Gasteiger partial charge in [0.2, 0.25) is 0 Å². The first kappa shape index (κ1) is 9.22. The van der Waals surface area contributed by atoms with E-state index in [4.69, 9.17) is 0 Å². The van der Waals surface area contributed by atoms with E-state index in [1.165, 1.54) is 7.11 Å². The zero-order valence-electron chi connectivity index (χ0n) is 8.36. The van der Waals surface area contributed by atoms with Crippen LogP contribution in [0.2, 0.25) is 0 Å². The molecule has 3 heterocycles. The molecule has 0 aliphatic carbocycles. The van der Waals surface area contributed by atoms with Crippen LogP contribution in [0.5, 0.6) is 0 Å². The molecule has 0 unspecified atom stereocenters. The van der Waals surface area contributed by atoms with Crippen molar-refractivity contribution < 1.29 is 4.84 Å². The van der Waals surface area contributed by atoms with Crippen molar-refractivity contribution in [2.45, 2.75) is 0 Å². The number of rotatable bonds is 2. The van der Waals surface area contributed by atoms with E-state index in [0.717, 1.165) is 15.8 Å². The third-order valence-electron chi connectivity index (χ3n) is 2.21. The van der Waals surface area contributed by atoms with Gasteiger partial charge in [-0.05, 0) is 27.9 Å². The van der Waals surface area contributed by atoms with Crippen LogP contribution in [-0.2, 0) is 4.84 Å². The number of fused-ring (bicyclic) bond motifs is 3. The average molecular weight is 233 g/mol. The van der Waals surface area contributed by atoms with Crippen molar-refractivity contribution in [3.63, 3.8) is 0 Å². The lowest BCUT2D eigenvalue weighted by molar-refractivity contribution is 0.215. The van der Waals surface area contributed by atoms with E-state index in [2.05, 4.69) is 25.5 Å². The molecule has 0 aliphatic heterocycles. The van der Waals surface area contributed by atoms with Gasteiger partial charge in [-0.25, -0.2) is 0 Å². The Balaban J connectivity index is 2.38. The first-order chi connectivity index (χ1) is 7.90. The number of nitrogens with zero attached hydrogens (tertiary/aromatic N) is 5. The molecule has 80 valence electrons. The summed E-state index contributed by atoms with van der Waals surface area (Å²) in [6.45, 7) is 0. The Bertz CT molecular complexity index is 671. The number of thiophene rings is 1. The van der Waals surface area contributed by atoms with Crippen LogP contribution in [-0.4, -0.2) is 33.4 Å². The molecule has 3 aromatic rings. The van der Waals surface area contributed by atoms with Crippen LogP contribution in [0.4, 0.5) is 0 Å². The quantitative estimate of drug-likeness (QED) is 0.494. The van der Waals surface area contributed by atoms with Gasteiger partial charge < -0.3 is 4.84 Å². The molecular weight excluding hydrogens is 226 g/mol. The fourth-order valence-corrected chi connectivity index (χ4v) is 2.35. The summed E-state index contributed by atoms with van der Waals surface area (Å²) in [5, 5.41) is 17.3. The van der Waals surface area contributed by atoms with Crippen molar-refractivity contribution in [3.8, 4) is 0 Å². The Kier molecular flexibility index (Phi) is 2.03. The SMILES string of the molecule is CO/N=C/c1cc2sccc2n2nnnc12. The second-order valence-corrected chi connectivity index (χ2v) is 4.05. The van der Waals surface area contributed by atoms with Gasteiger partial charge in [-0.2, -0.15) is 4.52 Å². The zero-order chi connectivity index (χ0) is 11.0. The second kappa shape index (κ2) is 3.53. The number of pyridine rings is 1. The maximum atomic E-state index is 4.66. The Morgan fingerprint density at radius 2 is 2.50 bits per heavy atom. The summed E-state index contributed by atoms with van der Waals surface area (Å²) in [4.78, 5) is 4.66. The highest BCUT2D eigenvalue weighted by atomic mass is 32.1. The Hall–Kier alpha value is -2.02. The van der Waals surface area contributed by atoms with Crippen molar-refractivity contribution in [2.75, 3.05) is 7.11 Å². The lowest BCUT2D eigenvalue weighted by Crippen LogP contribution is -1.94. The maximum absolute atomic E-state index is 4.66. The number of aromatic nitrogens is 4. The summed E-state index contributed by atoms with van der Waals surface area (Å²) in [6.07, 6.45) is 1.60. The number of hydrogen-bond acceptors (Lipinski definition) is 6. The minimum atomic E-state index is 0.673. The van der Waals surface area contributed by atoms with Crippen molar-refractivity contribution in [1.29, 1.82) is 0 Å². The van der Waals surface area contributed by atoms with Gasteiger partial charge in [-0.15, -0.1) is 16.4 Å². The van der Waals surface area contributed by atoms with Gasteiger partial charge in [0.05, 0.1) is 16.4 Å².